The van der Waals surface area contributed by atoms with E-state index in [0.717, 1.165) is 53.0 Å². The molecule has 0 aliphatic carbocycles. The molecule has 0 bridgehead atoms. The summed E-state index contributed by atoms with van der Waals surface area (Å²) in [6, 6.07) is 33.4. The van der Waals surface area contributed by atoms with Crippen LogP contribution in [0.25, 0.3) is 11.1 Å². The first kappa shape index (κ1) is 35.0. The number of likely N-dealkylation sites (tertiary alicyclic amines) is 2. The van der Waals surface area contributed by atoms with Crippen LogP contribution in [0.3, 0.4) is 0 Å². The fraction of sp³-hybridized carbons (Fsp3) is 0.415. The second kappa shape index (κ2) is 15.9. The van der Waals surface area contributed by atoms with E-state index in [1.807, 2.05) is 36.4 Å². The van der Waals surface area contributed by atoms with Gasteiger partial charge < -0.3 is 19.5 Å². The number of hydrogen-bond acceptors (Lipinski definition) is 7. The van der Waals surface area contributed by atoms with Gasteiger partial charge in [-0.3, -0.25) is 4.90 Å². The van der Waals surface area contributed by atoms with E-state index in [1.54, 1.807) is 30.3 Å². The molecule has 264 valence electrons. The molecule has 4 aromatic rings. The molecule has 5 atom stereocenters. The Morgan fingerprint density at radius 2 is 1.50 bits per heavy atom. The second-order valence-corrected chi connectivity index (χ2v) is 15.8. The molecule has 0 radical (unpaired) electrons. The SMILES string of the molecule is C[C@H]1[C@@H](CN2CCC[C@H]2CN2CCCC2)O[C@@H](c2ccc(-c3cccc(CNS(=O)(=O)c4ccccc4)c3)cc2)O[C@H]1c1ccc(CO)cc1. The Hall–Kier alpha value is -3.41. The van der Waals surface area contributed by atoms with Crippen LogP contribution in [0.5, 0.6) is 0 Å². The Balaban J connectivity index is 1.07. The first-order chi connectivity index (χ1) is 24.4. The van der Waals surface area contributed by atoms with Crippen molar-refractivity contribution >= 4 is 10.0 Å². The maximum atomic E-state index is 12.8. The largest absolute Gasteiger partial charge is 0.392 e. The van der Waals surface area contributed by atoms with Crippen LogP contribution in [-0.4, -0.2) is 68.2 Å². The summed E-state index contributed by atoms with van der Waals surface area (Å²) in [6.45, 7) is 8.02. The standard InChI is InChI=1S/C41H49N3O5S/c1-30-39(28-44-24-8-11-37(44)27-43-22-5-6-23-43)48-41(49-40(30)34-16-14-31(29-45)15-17-34)35-20-18-33(19-21-35)36-10-7-9-32(25-36)26-42-50(46,47)38-12-3-2-4-13-38/h2-4,7,9-10,12-21,25,30,37,39-42,45H,5-6,8,11,22-24,26-29H2,1H3/t30-,37-,39+,40+,41+/m0/s1. The van der Waals surface area contributed by atoms with E-state index in [-0.39, 0.29) is 36.2 Å². The van der Waals surface area contributed by atoms with Gasteiger partial charge in [0.1, 0.15) is 0 Å². The number of aliphatic hydroxyl groups is 1. The van der Waals surface area contributed by atoms with Gasteiger partial charge in [-0.05, 0) is 91.3 Å². The molecule has 0 spiro atoms. The third kappa shape index (κ3) is 8.21. The normalized spacial score (nSPS) is 24.9. The molecule has 0 amide bonds. The number of sulfonamides is 1. The summed E-state index contributed by atoms with van der Waals surface area (Å²) in [7, 11) is -3.60. The molecule has 2 N–H and O–H groups in total. The van der Waals surface area contributed by atoms with Crippen molar-refractivity contribution in [1.82, 2.24) is 14.5 Å². The van der Waals surface area contributed by atoms with Crippen LogP contribution in [0.1, 0.15) is 67.3 Å². The lowest BCUT2D eigenvalue weighted by Crippen LogP contribution is -2.48. The van der Waals surface area contributed by atoms with E-state index in [0.29, 0.717) is 6.04 Å². The van der Waals surface area contributed by atoms with Crippen LogP contribution >= 0.6 is 0 Å². The van der Waals surface area contributed by atoms with Crippen LogP contribution in [-0.2, 0) is 32.6 Å². The van der Waals surface area contributed by atoms with Crippen molar-refractivity contribution in [2.45, 2.75) is 75.2 Å². The lowest BCUT2D eigenvalue weighted by atomic mass is 9.89. The molecule has 3 aliphatic heterocycles. The van der Waals surface area contributed by atoms with Crippen molar-refractivity contribution in [1.29, 1.82) is 0 Å². The van der Waals surface area contributed by atoms with Crippen LogP contribution in [0, 0.1) is 5.92 Å². The molecule has 7 rings (SSSR count). The molecule has 3 fully saturated rings. The number of nitrogens with zero attached hydrogens (tertiary/aromatic N) is 2. The molecule has 0 aromatic heterocycles. The predicted molar refractivity (Wildman–Crippen MR) is 196 cm³/mol. The topological polar surface area (TPSA) is 91.3 Å². The quantitative estimate of drug-likeness (QED) is 0.171. The van der Waals surface area contributed by atoms with Crippen molar-refractivity contribution in [3.63, 3.8) is 0 Å². The number of hydrogen-bond donors (Lipinski definition) is 2. The van der Waals surface area contributed by atoms with Crippen molar-refractivity contribution < 1.29 is 23.0 Å². The highest BCUT2D eigenvalue weighted by molar-refractivity contribution is 7.89. The van der Waals surface area contributed by atoms with Gasteiger partial charge in [0.05, 0.1) is 23.7 Å². The van der Waals surface area contributed by atoms with E-state index in [9.17, 15) is 13.5 Å². The van der Waals surface area contributed by atoms with Gasteiger partial charge in [-0.2, -0.15) is 0 Å². The van der Waals surface area contributed by atoms with Crippen molar-refractivity contribution in [2.75, 3.05) is 32.7 Å². The van der Waals surface area contributed by atoms with Crippen molar-refractivity contribution in [3.8, 4) is 11.1 Å². The zero-order chi connectivity index (χ0) is 34.5. The average molecular weight is 696 g/mol. The Kier molecular flexibility index (Phi) is 11.1. The number of rotatable bonds is 12. The summed E-state index contributed by atoms with van der Waals surface area (Å²) in [4.78, 5) is 5.54. The monoisotopic (exact) mass is 695 g/mol. The van der Waals surface area contributed by atoms with Gasteiger partial charge in [0, 0.05) is 37.2 Å². The summed E-state index contributed by atoms with van der Waals surface area (Å²) in [5, 5.41) is 9.64. The molecule has 3 saturated heterocycles. The highest BCUT2D eigenvalue weighted by Gasteiger charge is 2.40. The van der Waals surface area contributed by atoms with E-state index < -0.39 is 16.3 Å². The Bertz CT molecular complexity index is 1800. The molecule has 8 nitrogen and oxygen atoms in total. The average Bonchev–Trinajstić information content (AvgIpc) is 3.85. The van der Waals surface area contributed by atoms with Gasteiger partial charge in [-0.15, -0.1) is 0 Å². The maximum Gasteiger partial charge on any atom is 0.240 e. The fourth-order valence-corrected chi connectivity index (χ4v) is 8.76. The van der Waals surface area contributed by atoms with Crippen LogP contribution < -0.4 is 4.72 Å². The molecular formula is C41H49N3O5S. The summed E-state index contributed by atoms with van der Waals surface area (Å²) in [6.07, 6.45) is 4.41. The van der Waals surface area contributed by atoms with Crippen molar-refractivity contribution in [3.05, 3.63) is 125 Å². The molecule has 0 saturated carbocycles. The van der Waals surface area contributed by atoms with E-state index >= 15 is 0 Å². The number of aliphatic hydroxyl groups excluding tert-OH is 1. The fourth-order valence-electron chi connectivity index (χ4n) is 7.72. The highest BCUT2D eigenvalue weighted by Crippen LogP contribution is 2.42. The van der Waals surface area contributed by atoms with Gasteiger partial charge in [-0.1, -0.05) is 91.9 Å². The minimum Gasteiger partial charge on any atom is -0.392 e. The van der Waals surface area contributed by atoms with Gasteiger partial charge in [0.2, 0.25) is 10.0 Å². The van der Waals surface area contributed by atoms with Crippen LogP contribution in [0.2, 0.25) is 0 Å². The molecule has 3 heterocycles. The molecule has 4 aromatic carbocycles. The predicted octanol–water partition coefficient (Wildman–Crippen LogP) is 6.68. The number of benzene rings is 4. The number of ether oxygens (including phenoxy) is 2. The van der Waals surface area contributed by atoms with Gasteiger partial charge in [0.25, 0.3) is 0 Å². The third-order valence-corrected chi connectivity index (χ3v) is 12.1. The first-order valence-corrected chi connectivity index (χ1v) is 19.6. The first-order valence-electron chi connectivity index (χ1n) is 18.1. The Labute approximate surface area is 297 Å². The van der Waals surface area contributed by atoms with Gasteiger partial charge in [-0.25, -0.2) is 13.1 Å². The summed E-state index contributed by atoms with van der Waals surface area (Å²) in [5.41, 5.74) is 5.85. The Morgan fingerprint density at radius 1 is 0.760 bits per heavy atom. The second-order valence-electron chi connectivity index (χ2n) is 14.1. The third-order valence-electron chi connectivity index (χ3n) is 10.7. The zero-order valence-corrected chi connectivity index (χ0v) is 29.7. The summed E-state index contributed by atoms with van der Waals surface area (Å²) >= 11 is 0. The zero-order valence-electron chi connectivity index (χ0n) is 28.9. The molecule has 50 heavy (non-hydrogen) atoms. The molecule has 3 aliphatic rings. The van der Waals surface area contributed by atoms with Gasteiger partial charge >= 0.3 is 0 Å². The Morgan fingerprint density at radius 3 is 2.24 bits per heavy atom. The van der Waals surface area contributed by atoms with E-state index in [2.05, 4.69) is 57.8 Å². The minimum absolute atomic E-state index is 0.00790. The molecule has 0 unspecified atom stereocenters. The lowest BCUT2D eigenvalue weighted by molar-refractivity contribution is -0.276. The minimum atomic E-state index is -3.60. The summed E-state index contributed by atoms with van der Waals surface area (Å²) < 4.78 is 41.9. The lowest BCUT2D eigenvalue weighted by Gasteiger charge is -2.43. The molecule has 9 heteroatoms. The summed E-state index contributed by atoms with van der Waals surface area (Å²) in [5.74, 6) is 0.139. The van der Waals surface area contributed by atoms with Gasteiger partial charge in [0.15, 0.2) is 6.29 Å². The molecular weight excluding hydrogens is 647 g/mol. The van der Waals surface area contributed by atoms with Crippen molar-refractivity contribution in [2.24, 2.45) is 5.92 Å². The van der Waals surface area contributed by atoms with Crippen LogP contribution in [0.15, 0.2) is 108 Å². The van der Waals surface area contributed by atoms with E-state index in [1.165, 1.54) is 38.8 Å². The van der Waals surface area contributed by atoms with Crippen LogP contribution in [0.4, 0.5) is 0 Å². The number of nitrogens with one attached hydrogen (secondary N) is 1. The maximum absolute atomic E-state index is 12.8. The van der Waals surface area contributed by atoms with E-state index in [4.69, 9.17) is 9.47 Å². The highest BCUT2D eigenvalue weighted by atomic mass is 32.2. The smallest absolute Gasteiger partial charge is 0.240 e.